The summed E-state index contributed by atoms with van der Waals surface area (Å²) in [6.45, 7) is -0.309. The second kappa shape index (κ2) is 6.11. The number of alkyl halides is 6. The van der Waals surface area contributed by atoms with Gasteiger partial charge in [-0.15, -0.1) is 13.2 Å². The van der Waals surface area contributed by atoms with Gasteiger partial charge >= 0.3 is 18.2 Å². The Morgan fingerprint density at radius 3 is 2.35 bits per heavy atom. The Kier molecular flexibility index (Phi) is 4.21. The molecule has 0 saturated heterocycles. The minimum Gasteiger partial charge on any atom is -0.405 e. The van der Waals surface area contributed by atoms with E-state index in [1.54, 1.807) is 0 Å². The number of para-hydroxylation sites is 1. The molecule has 1 heterocycles. The molecule has 1 aromatic heterocycles. The van der Waals surface area contributed by atoms with Crippen LogP contribution in [0.1, 0.15) is 11.1 Å². The van der Waals surface area contributed by atoms with Crippen molar-refractivity contribution < 1.29 is 31.1 Å². The van der Waals surface area contributed by atoms with E-state index in [2.05, 4.69) is 9.72 Å². The second-order valence-corrected chi connectivity index (χ2v) is 5.40. The van der Waals surface area contributed by atoms with Crippen LogP contribution in [0.25, 0.3) is 11.0 Å². The van der Waals surface area contributed by atoms with E-state index in [1.807, 2.05) is 0 Å². The SMILES string of the molecule is O=c1[nH]c2cc(C(F)(F)F)ccc2n1Cc1ccccc1OC(F)(F)F. The van der Waals surface area contributed by atoms with Crippen molar-refractivity contribution >= 4 is 11.0 Å². The third kappa shape index (κ3) is 3.68. The predicted octanol–water partition coefficient (Wildman–Crippen LogP) is 4.30. The number of halogens is 6. The Morgan fingerprint density at radius 2 is 1.69 bits per heavy atom. The van der Waals surface area contributed by atoms with Gasteiger partial charge in [0, 0.05) is 5.56 Å². The molecule has 0 fully saturated rings. The average molecular weight is 376 g/mol. The number of ether oxygens (including phenoxy) is 1. The first kappa shape index (κ1) is 17.9. The maximum absolute atomic E-state index is 12.8. The Morgan fingerprint density at radius 1 is 1.00 bits per heavy atom. The fourth-order valence-corrected chi connectivity index (χ4v) is 2.53. The molecule has 0 saturated carbocycles. The van der Waals surface area contributed by atoms with Crippen molar-refractivity contribution in [3.05, 3.63) is 64.1 Å². The van der Waals surface area contributed by atoms with E-state index in [0.717, 1.165) is 28.8 Å². The Hall–Kier alpha value is -2.91. The molecule has 0 aliphatic rings. The summed E-state index contributed by atoms with van der Waals surface area (Å²) in [7, 11) is 0. The molecule has 0 aliphatic heterocycles. The number of H-pyrrole nitrogens is 1. The van der Waals surface area contributed by atoms with Gasteiger partial charge in [-0.3, -0.25) is 4.57 Å². The highest BCUT2D eigenvalue weighted by Gasteiger charge is 2.32. The van der Waals surface area contributed by atoms with E-state index in [0.29, 0.717) is 0 Å². The number of imidazole rings is 1. The third-order valence-electron chi connectivity index (χ3n) is 3.63. The molecular formula is C16H10F6N2O2. The van der Waals surface area contributed by atoms with Crippen molar-refractivity contribution in [2.75, 3.05) is 0 Å². The molecule has 0 spiro atoms. The first-order valence-electron chi connectivity index (χ1n) is 7.18. The summed E-state index contributed by atoms with van der Waals surface area (Å²) in [6, 6.07) is 7.86. The number of aromatic nitrogens is 2. The summed E-state index contributed by atoms with van der Waals surface area (Å²) < 4.78 is 80.7. The highest BCUT2D eigenvalue weighted by Crippen LogP contribution is 2.31. The van der Waals surface area contributed by atoms with Crippen LogP contribution in [0, 0.1) is 0 Å². The highest BCUT2D eigenvalue weighted by molar-refractivity contribution is 5.76. The lowest BCUT2D eigenvalue weighted by Crippen LogP contribution is -2.21. The standard InChI is InChI=1S/C16H10F6N2O2/c17-15(18,19)10-5-6-12-11(7-10)23-14(25)24(12)8-9-3-1-2-4-13(9)26-16(20,21)22/h1-7H,8H2,(H,23,25). The van der Waals surface area contributed by atoms with E-state index < -0.39 is 29.5 Å². The van der Waals surface area contributed by atoms with Crippen LogP contribution in [0.2, 0.25) is 0 Å². The number of nitrogens with one attached hydrogen (secondary N) is 1. The molecule has 4 nitrogen and oxygen atoms in total. The van der Waals surface area contributed by atoms with Crippen molar-refractivity contribution in [2.24, 2.45) is 0 Å². The van der Waals surface area contributed by atoms with Crippen molar-refractivity contribution in [3.8, 4) is 5.75 Å². The van der Waals surface area contributed by atoms with E-state index in [9.17, 15) is 31.1 Å². The zero-order chi connectivity index (χ0) is 19.1. The molecule has 138 valence electrons. The van der Waals surface area contributed by atoms with Gasteiger partial charge in [0.15, 0.2) is 0 Å². The Balaban J connectivity index is 2.03. The lowest BCUT2D eigenvalue weighted by molar-refractivity contribution is -0.274. The average Bonchev–Trinajstić information content (AvgIpc) is 2.82. The van der Waals surface area contributed by atoms with Gasteiger partial charge in [-0.1, -0.05) is 18.2 Å². The van der Waals surface area contributed by atoms with Crippen molar-refractivity contribution in [3.63, 3.8) is 0 Å². The monoisotopic (exact) mass is 376 g/mol. The van der Waals surface area contributed by atoms with E-state index in [-0.39, 0.29) is 23.1 Å². The summed E-state index contributed by atoms with van der Waals surface area (Å²) in [5, 5.41) is 0. The van der Waals surface area contributed by atoms with E-state index >= 15 is 0 Å². The van der Waals surface area contributed by atoms with Gasteiger partial charge in [0.1, 0.15) is 5.75 Å². The number of aromatic amines is 1. The lowest BCUT2D eigenvalue weighted by atomic mass is 10.1. The summed E-state index contributed by atoms with van der Waals surface area (Å²) in [5.41, 5.74) is -1.59. The van der Waals surface area contributed by atoms with Crippen LogP contribution >= 0.6 is 0 Å². The van der Waals surface area contributed by atoms with Crippen molar-refractivity contribution in [1.29, 1.82) is 0 Å². The molecule has 3 aromatic rings. The molecule has 0 bridgehead atoms. The van der Waals surface area contributed by atoms with Crippen LogP contribution < -0.4 is 10.4 Å². The van der Waals surface area contributed by atoms with Crippen LogP contribution in [0.15, 0.2) is 47.3 Å². The number of rotatable bonds is 3. The van der Waals surface area contributed by atoms with Gasteiger partial charge < -0.3 is 9.72 Å². The summed E-state index contributed by atoms with van der Waals surface area (Å²) in [5.74, 6) is -0.492. The van der Waals surface area contributed by atoms with Crippen LogP contribution in [-0.2, 0) is 12.7 Å². The van der Waals surface area contributed by atoms with Gasteiger partial charge in [-0.25, -0.2) is 4.79 Å². The fourth-order valence-electron chi connectivity index (χ4n) is 2.53. The normalized spacial score (nSPS) is 12.5. The number of hydrogen-bond acceptors (Lipinski definition) is 2. The van der Waals surface area contributed by atoms with E-state index in [1.165, 1.54) is 18.2 Å². The molecule has 0 atom stereocenters. The predicted molar refractivity (Wildman–Crippen MR) is 79.8 cm³/mol. The van der Waals surface area contributed by atoms with Gasteiger partial charge in [0.05, 0.1) is 23.1 Å². The molecule has 0 unspecified atom stereocenters. The van der Waals surface area contributed by atoms with Crippen LogP contribution in [0.3, 0.4) is 0 Å². The second-order valence-electron chi connectivity index (χ2n) is 5.40. The number of benzene rings is 2. The zero-order valence-electron chi connectivity index (χ0n) is 12.8. The zero-order valence-corrected chi connectivity index (χ0v) is 12.8. The van der Waals surface area contributed by atoms with Crippen LogP contribution in [0.4, 0.5) is 26.3 Å². The molecule has 1 N–H and O–H groups in total. The lowest BCUT2D eigenvalue weighted by Gasteiger charge is -2.13. The molecule has 3 rings (SSSR count). The number of hydrogen-bond donors (Lipinski definition) is 1. The van der Waals surface area contributed by atoms with E-state index in [4.69, 9.17) is 0 Å². The summed E-state index contributed by atoms with van der Waals surface area (Å²) in [6.07, 6.45) is -9.50. The first-order valence-corrected chi connectivity index (χ1v) is 7.18. The van der Waals surface area contributed by atoms with Gasteiger partial charge in [-0.2, -0.15) is 13.2 Å². The molecular weight excluding hydrogens is 366 g/mol. The van der Waals surface area contributed by atoms with Gasteiger partial charge in [-0.05, 0) is 24.3 Å². The molecule has 2 aromatic carbocycles. The van der Waals surface area contributed by atoms with Gasteiger partial charge in [0.2, 0.25) is 0 Å². The summed E-state index contributed by atoms with van der Waals surface area (Å²) in [4.78, 5) is 14.3. The topological polar surface area (TPSA) is 47.0 Å². The van der Waals surface area contributed by atoms with Crippen LogP contribution in [-0.4, -0.2) is 15.9 Å². The quantitative estimate of drug-likeness (QED) is 0.693. The minimum absolute atomic E-state index is 0.0488. The Labute approximate surface area is 141 Å². The molecule has 0 amide bonds. The molecule has 26 heavy (non-hydrogen) atoms. The third-order valence-corrected chi connectivity index (χ3v) is 3.63. The smallest absolute Gasteiger partial charge is 0.405 e. The number of fused-ring (bicyclic) bond motifs is 1. The number of nitrogens with zero attached hydrogens (tertiary/aromatic N) is 1. The van der Waals surface area contributed by atoms with Crippen molar-refractivity contribution in [1.82, 2.24) is 9.55 Å². The first-order chi connectivity index (χ1) is 12.0. The highest BCUT2D eigenvalue weighted by atomic mass is 19.4. The largest absolute Gasteiger partial charge is 0.573 e. The van der Waals surface area contributed by atoms with Crippen molar-refractivity contribution in [2.45, 2.75) is 19.1 Å². The maximum Gasteiger partial charge on any atom is 0.573 e. The molecule has 0 radical (unpaired) electrons. The maximum atomic E-state index is 12.8. The van der Waals surface area contributed by atoms with Crippen LogP contribution in [0.5, 0.6) is 5.75 Å². The molecule has 10 heteroatoms. The minimum atomic E-state index is -4.91. The molecule has 0 aliphatic carbocycles. The summed E-state index contributed by atoms with van der Waals surface area (Å²) >= 11 is 0. The van der Waals surface area contributed by atoms with Gasteiger partial charge in [0.25, 0.3) is 0 Å². The fraction of sp³-hybridized carbons (Fsp3) is 0.188. The Bertz CT molecular complexity index is 1000.